The van der Waals surface area contributed by atoms with Crippen LogP contribution in [0.2, 0.25) is 5.02 Å². The summed E-state index contributed by atoms with van der Waals surface area (Å²) in [6.45, 7) is 2.19. The molecule has 0 saturated carbocycles. The predicted octanol–water partition coefficient (Wildman–Crippen LogP) is 4.28. The molecule has 1 aliphatic heterocycles. The van der Waals surface area contributed by atoms with Gasteiger partial charge < -0.3 is 10.1 Å². The number of hydrogen-bond acceptors (Lipinski definition) is 3. The van der Waals surface area contributed by atoms with E-state index in [4.69, 9.17) is 16.3 Å². The minimum absolute atomic E-state index is 0.0203. The Hall–Kier alpha value is -2.33. The quantitative estimate of drug-likeness (QED) is 0.834. The van der Waals surface area contributed by atoms with Crippen molar-refractivity contribution in [1.82, 2.24) is 5.32 Å². The number of halogens is 1. The van der Waals surface area contributed by atoms with Gasteiger partial charge in [-0.05, 0) is 67.1 Å². The summed E-state index contributed by atoms with van der Waals surface area (Å²) in [6, 6.07) is 9.21. The van der Waals surface area contributed by atoms with E-state index in [2.05, 4.69) is 11.4 Å². The number of carbonyl (C=O) groups excluding carboxylic acids is 2. The van der Waals surface area contributed by atoms with Crippen LogP contribution in [0.25, 0.3) is 11.1 Å². The van der Waals surface area contributed by atoms with Crippen LogP contribution in [0.5, 0.6) is 5.75 Å². The normalized spacial score (nSPS) is 13.4. The Morgan fingerprint density at radius 3 is 2.56 bits per heavy atom. The fraction of sp³-hybridized carbons (Fsp3) is 0.300. The molecule has 2 aromatic carbocycles. The summed E-state index contributed by atoms with van der Waals surface area (Å²) in [5.41, 5.74) is 3.84. The largest absolute Gasteiger partial charge is 0.493 e. The Morgan fingerprint density at radius 2 is 1.88 bits per heavy atom. The van der Waals surface area contributed by atoms with E-state index in [-0.39, 0.29) is 11.7 Å². The SMILES string of the molecule is CNC(=O)c1ccc(-c2cc3c(c(C(C)=O)c2)OCCCC3)cc1Cl. The lowest BCUT2D eigenvalue weighted by molar-refractivity contribution is 0.0962. The summed E-state index contributed by atoms with van der Waals surface area (Å²) in [5.74, 6) is 0.464. The number of fused-ring (bicyclic) bond motifs is 1. The van der Waals surface area contributed by atoms with Crippen molar-refractivity contribution >= 4 is 23.3 Å². The lowest BCUT2D eigenvalue weighted by Crippen LogP contribution is -2.18. The first-order chi connectivity index (χ1) is 12.0. The van der Waals surface area contributed by atoms with E-state index in [9.17, 15) is 9.59 Å². The molecular formula is C20H20ClNO3. The molecule has 25 heavy (non-hydrogen) atoms. The molecule has 3 rings (SSSR count). The molecule has 0 spiro atoms. The van der Waals surface area contributed by atoms with Crippen LogP contribution in [0.1, 0.15) is 46.0 Å². The van der Waals surface area contributed by atoms with E-state index >= 15 is 0 Å². The highest BCUT2D eigenvalue weighted by molar-refractivity contribution is 6.34. The number of aryl methyl sites for hydroxylation is 1. The number of benzene rings is 2. The average molecular weight is 358 g/mol. The van der Waals surface area contributed by atoms with E-state index in [0.29, 0.717) is 28.5 Å². The molecule has 0 aliphatic carbocycles. The second kappa shape index (κ2) is 7.28. The molecule has 0 bridgehead atoms. The van der Waals surface area contributed by atoms with Gasteiger partial charge in [0.2, 0.25) is 0 Å². The van der Waals surface area contributed by atoms with Gasteiger partial charge in [0.1, 0.15) is 5.75 Å². The van der Waals surface area contributed by atoms with Gasteiger partial charge in [0.15, 0.2) is 5.78 Å². The highest BCUT2D eigenvalue weighted by atomic mass is 35.5. The topological polar surface area (TPSA) is 55.4 Å². The van der Waals surface area contributed by atoms with Gasteiger partial charge in [0.25, 0.3) is 5.91 Å². The predicted molar refractivity (Wildman–Crippen MR) is 98.7 cm³/mol. The van der Waals surface area contributed by atoms with E-state index < -0.39 is 0 Å². The summed E-state index contributed by atoms with van der Waals surface area (Å²) in [4.78, 5) is 23.9. The molecule has 1 N–H and O–H groups in total. The minimum Gasteiger partial charge on any atom is -0.493 e. The molecule has 1 amide bonds. The van der Waals surface area contributed by atoms with Crippen LogP contribution in [0.15, 0.2) is 30.3 Å². The van der Waals surface area contributed by atoms with E-state index in [1.165, 1.54) is 0 Å². The molecule has 0 unspecified atom stereocenters. The number of ketones is 1. The van der Waals surface area contributed by atoms with Crippen LogP contribution in [0.3, 0.4) is 0 Å². The lowest BCUT2D eigenvalue weighted by atomic mass is 9.94. The number of nitrogens with one attached hydrogen (secondary N) is 1. The molecule has 1 aliphatic rings. The zero-order chi connectivity index (χ0) is 18.0. The zero-order valence-electron chi connectivity index (χ0n) is 14.3. The Balaban J connectivity index is 2.10. The van der Waals surface area contributed by atoms with Crippen LogP contribution in [0, 0.1) is 0 Å². The highest BCUT2D eigenvalue weighted by Crippen LogP contribution is 2.35. The van der Waals surface area contributed by atoms with Gasteiger partial charge in [-0.1, -0.05) is 17.7 Å². The van der Waals surface area contributed by atoms with Gasteiger partial charge in [0.05, 0.1) is 22.8 Å². The Kier molecular flexibility index (Phi) is 5.09. The second-order valence-corrected chi connectivity index (χ2v) is 6.55. The van der Waals surface area contributed by atoms with Gasteiger partial charge >= 0.3 is 0 Å². The number of ether oxygens (including phenoxy) is 1. The molecule has 0 aromatic heterocycles. The minimum atomic E-state index is -0.226. The number of hydrogen-bond donors (Lipinski definition) is 1. The summed E-state index contributed by atoms with van der Waals surface area (Å²) in [6.07, 6.45) is 2.89. The van der Waals surface area contributed by atoms with Crippen molar-refractivity contribution in [3.63, 3.8) is 0 Å². The molecule has 0 saturated heterocycles. The molecule has 1 heterocycles. The summed E-state index contributed by atoms with van der Waals surface area (Å²) in [7, 11) is 1.57. The van der Waals surface area contributed by atoms with Gasteiger partial charge in [-0.25, -0.2) is 0 Å². The van der Waals surface area contributed by atoms with Gasteiger partial charge in [0, 0.05) is 7.05 Å². The first kappa shape index (κ1) is 17.5. The van der Waals surface area contributed by atoms with Crippen LogP contribution in [0.4, 0.5) is 0 Å². The number of rotatable bonds is 3. The number of carbonyl (C=O) groups is 2. The Morgan fingerprint density at radius 1 is 1.08 bits per heavy atom. The monoisotopic (exact) mass is 357 g/mol. The molecule has 130 valence electrons. The molecule has 5 heteroatoms. The number of Topliss-reactive ketones (excluding diaryl/α,β-unsaturated/α-hetero) is 1. The van der Waals surface area contributed by atoms with E-state index in [1.807, 2.05) is 12.1 Å². The molecular weight excluding hydrogens is 338 g/mol. The fourth-order valence-corrected chi connectivity index (χ4v) is 3.34. The molecule has 2 aromatic rings. The van der Waals surface area contributed by atoms with Crippen molar-refractivity contribution in [2.45, 2.75) is 26.2 Å². The van der Waals surface area contributed by atoms with Gasteiger partial charge in [-0.3, -0.25) is 9.59 Å². The summed E-state index contributed by atoms with van der Waals surface area (Å²) < 4.78 is 5.82. The average Bonchev–Trinajstić information content (AvgIpc) is 2.85. The third-order valence-electron chi connectivity index (χ3n) is 4.41. The number of amides is 1. The first-order valence-electron chi connectivity index (χ1n) is 8.34. The highest BCUT2D eigenvalue weighted by Gasteiger charge is 2.19. The van der Waals surface area contributed by atoms with Crippen molar-refractivity contribution in [2.75, 3.05) is 13.7 Å². The van der Waals surface area contributed by atoms with Gasteiger partial charge in [-0.2, -0.15) is 0 Å². The smallest absolute Gasteiger partial charge is 0.252 e. The maximum absolute atomic E-state index is 12.1. The third-order valence-corrected chi connectivity index (χ3v) is 4.72. The van der Waals surface area contributed by atoms with Crippen LogP contribution >= 0.6 is 11.6 Å². The third kappa shape index (κ3) is 3.54. The van der Waals surface area contributed by atoms with Crippen molar-refractivity contribution in [1.29, 1.82) is 0 Å². The van der Waals surface area contributed by atoms with Gasteiger partial charge in [-0.15, -0.1) is 0 Å². The Labute approximate surface area is 152 Å². The molecule has 4 nitrogen and oxygen atoms in total. The first-order valence-corrected chi connectivity index (χ1v) is 8.71. The van der Waals surface area contributed by atoms with Crippen molar-refractivity contribution in [2.24, 2.45) is 0 Å². The summed E-state index contributed by atoms with van der Waals surface area (Å²) >= 11 is 6.27. The van der Waals surface area contributed by atoms with Crippen molar-refractivity contribution < 1.29 is 14.3 Å². The molecule has 0 fully saturated rings. The molecule has 0 atom stereocenters. The van der Waals surface area contributed by atoms with Crippen molar-refractivity contribution in [3.8, 4) is 16.9 Å². The Bertz CT molecular complexity index is 845. The van der Waals surface area contributed by atoms with Crippen molar-refractivity contribution in [3.05, 3.63) is 52.0 Å². The fourth-order valence-electron chi connectivity index (χ4n) is 3.08. The maximum Gasteiger partial charge on any atom is 0.252 e. The molecule has 0 radical (unpaired) electrons. The van der Waals surface area contributed by atoms with E-state index in [1.54, 1.807) is 26.1 Å². The van der Waals surface area contributed by atoms with Crippen LogP contribution in [-0.2, 0) is 6.42 Å². The lowest BCUT2D eigenvalue weighted by Gasteiger charge is -2.14. The van der Waals surface area contributed by atoms with E-state index in [0.717, 1.165) is 36.0 Å². The second-order valence-electron chi connectivity index (χ2n) is 6.15. The summed E-state index contributed by atoms with van der Waals surface area (Å²) in [5, 5.41) is 2.95. The van der Waals surface area contributed by atoms with Crippen LogP contribution < -0.4 is 10.1 Å². The maximum atomic E-state index is 12.1. The zero-order valence-corrected chi connectivity index (χ0v) is 15.1. The standard InChI is InChI=1S/C20H20ClNO3/c1-12(23)17-10-15(9-14-5-3-4-8-25-19(14)17)13-6-7-16(18(21)11-13)20(24)22-2/h6-7,9-11H,3-5,8H2,1-2H3,(H,22,24). The van der Waals surface area contributed by atoms with Crippen LogP contribution in [-0.4, -0.2) is 25.3 Å².